The topological polar surface area (TPSA) is 126 Å². The number of rotatable bonds is 11. The van der Waals surface area contributed by atoms with Gasteiger partial charge in [-0.15, -0.1) is 0 Å². The number of anilines is 1. The number of nitrogens with one attached hydrogen (secondary N) is 4. The second-order valence-electron chi connectivity index (χ2n) is 8.63. The van der Waals surface area contributed by atoms with E-state index in [1.165, 1.54) is 7.05 Å². The van der Waals surface area contributed by atoms with Crippen molar-refractivity contribution in [2.24, 2.45) is 0 Å². The zero-order valence-corrected chi connectivity index (χ0v) is 21.0. The second kappa shape index (κ2) is 12.7. The number of alkyl carbamates (subject to hydrolysis) is 1. The van der Waals surface area contributed by atoms with Crippen LogP contribution >= 0.6 is 0 Å². The first-order valence-electron chi connectivity index (χ1n) is 12.4. The van der Waals surface area contributed by atoms with Crippen molar-refractivity contribution in [2.45, 2.75) is 45.4 Å². The van der Waals surface area contributed by atoms with Crippen LogP contribution in [0.2, 0.25) is 0 Å². The Balaban J connectivity index is 1.87. The van der Waals surface area contributed by atoms with Crippen molar-refractivity contribution in [3.8, 4) is 11.1 Å². The van der Waals surface area contributed by atoms with Crippen LogP contribution in [-0.2, 0) is 14.3 Å². The van der Waals surface area contributed by atoms with Gasteiger partial charge in [0.2, 0.25) is 11.8 Å². The molecule has 1 aliphatic rings. The highest BCUT2D eigenvalue weighted by molar-refractivity contribution is 6.04. The molecule has 4 N–H and O–H groups in total. The molecule has 4 amide bonds. The Morgan fingerprint density at radius 1 is 0.889 bits per heavy atom. The van der Waals surface area contributed by atoms with E-state index < -0.39 is 6.09 Å². The average molecular weight is 495 g/mol. The van der Waals surface area contributed by atoms with Crippen LogP contribution in [0.3, 0.4) is 0 Å². The molecular formula is C27H34N4O5. The van der Waals surface area contributed by atoms with Gasteiger partial charge in [0, 0.05) is 50.1 Å². The molecule has 9 nitrogen and oxygen atoms in total. The molecule has 0 aromatic heterocycles. The maximum atomic E-state index is 12.9. The molecule has 0 saturated carbocycles. The fraction of sp³-hybridized carbons (Fsp3) is 0.407. The lowest BCUT2D eigenvalue weighted by Crippen LogP contribution is -2.25. The summed E-state index contributed by atoms with van der Waals surface area (Å²) in [6.07, 6.45) is 1.29. The molecule has 0 fully saturated rings. The third kappa shape index (κ3) is 6.41. The van der Waals surface area contributed by atoms with Gasteiger partial charge in [0.05, 0.1) is 0 Å². The van der Waals surface area contributed by atoms with Crippen LogP contribution in [0.5, 0.6) is 0 Å². The number of ether oxygens (including phenoxy) is 1. The summed E-state index contributed by atoms with van der Waals surface area (Å²) in [5.74, 6) is -0.888. The SMILES string of the molecule is CCCNC(=O)CCC(=O)Nc1ccc2c(c1)C(COC(=O)NC)c1cccc(C(=O)NCCC)c1-2. The highest BCUT2D eigenvalue weighted by Gasteiger charge is 2.33. The van der Waals surface area contributed by atoms with Gasteiger partial charge in [-0.05, 0) is 53.3 Å². The summed E-state index contributed by atoms with van der Waals surface area (Å²) < 4.78 is 5.39. The van der Waals surface area contributed by atoms with E-state index in [2.05, 4.69) is 21.3 Å². The Morgan fingerprint density at radius 3 is 2.33 bits per heavy atom. The second-order valence-corrected chi connectivity index (χ2v) is 8.63. The van der Waals surface area contributed by atoms with E-state index in [4.69, 9.17) is 4.74 Å². The van der Waals surface area contributed by atoms with Gasteiger partial charge in [-0.1, -0.05) is 32.0 Å². The Morgan fingerprint density at radius 2 is 1.61 bits per heavy atom. The molecule has 0 saturated heterocycles. The van der Waals surface area contributed by atoms with E-state index in [-0.39, 0.29) is 43.1 Å². The Hall–Kier alpha value is -3.88. The quantitative estimate of drug-likeness (QED) is 0.380. The fourth-order valence-corrected chi connectivity index (χ4v) is 4.22. The van der Waals surface area contributed by atoms with Gasteiger partial charge in [0.25, 0.3) is 5.91 Å². The standard InChI is InChI=1S/C27H34N4O5/c1-4-13-29-23(32)11-12-24(33)31-17-9-10-19-21(15-17)22(16-36-27(35)28-3)18-7-6-8-20(25(18)19)26(34)30-14-5-2/h6-10,15,22H,4-5,11-14,16H2,1-3H3,(H,28,35)(H,29,32)(H,30,34)(H,31,33). The van der Waals surface area contributed by atoms with Crippen LogP contribution in [0.4, 0.5) is 10.5 Å². The van der Waals surface area contributed by atoms with Gasteiger partial charge in [-0.3, -0.25) is 14.4 Å². The maximum Gasteiger partial charge on any atom is 0.406 e. The molecule has 1 atom stereocenters. The van der Waals surface area contributed by atoms with Crippen LogP contribution in [0.1, 0.15) is 66.9 Å². The number of carbonyl (C=O) groups is 4. The minimum absolute atomic E-state index is 0.0673. The minimum atomic E-state index is -0.548. The first-order chi connectivity index (χ1) is 17.4. The number of hydrogen-bond donors (Lipinski definition) is 4. The van der Waals surface area contributed by atoms with Crippen LogP contribution in [0.15, 0.2) is 36.4 Å². The van der Waals surface area contributed by atoms with Crippen molar-refractivity contribution in [3.63, 3.8) is 0 Å². The lowest BCUT2D eigenvalue weighted by molar-refractivity contribution is -0.124. The van der Waals surface area contributed by atoms with Crippen LogP contribution in [0, 0.1) is 0 Å². The molecule has 9 heteroatoms. The van der Waals surface area contributed by atoms with Gasteiger partial charge >= 0.3 is 6.09 Å². The van der Waals surface area contributed by atoms with Crippen molar-refractivity contribution >= 4 is 29.5 Å². The molecule has 192 valence electrons. The molecule has 0 spiro atoms. The lowest BCUT2D eigenvalue weighted by atomic mass is 9.96. The summed E-state index contributed by atoms with van der Waals surface area (Å²) in [5.41, 5.74) is 4.52. The van der Waals surface area contributed by atoms with Gasteiger partial charge in [0.1, 0.15) is 6.61 Å². The maximum absolute atomic E-state index is 12.9. The van der Waals surface area contributed by atoms with E-state index in [1.54, 1.807) is 12.1 Å². The van der Waals surface area contributed by atoms with Gasteiger partial charge < -0.3 is 26.0 Å². The van der Waals surface area contributed by atoms with Crippen LogP contribution < -0.4 is 21.3 Å². The summed E-state index contributed by atoms with van der Waals surface area (Å²) >= 11 is 0. The number of amides is 4. The van der Waals surface area contributed by atoms with Crippen molar-refractivity contribution in [2.75, 3.05) is 32.1 Å². The predicted octanol–water partition coefficient (Wildman–Crippen LogP) is 3.54. The smallest absolute Gasteiger partial charge is 0.406 e. The third-order valence-electron chi connectivity index (χ3n) is 5.97. The summed E-state index contributed by atoms with van der Waals surface area (Å²) in [5, 5.41) is 11.0. The monoisotopic (exact) mass is 494 g/mol. The summed E-state index contributed by atoms with van der Waals surface area (Å²) in [6.45, 7) is 5.19. The first kappa shape index (κ1) is 26.7. The van der Waals surface area contributed by atoms with Crippen molar-refractivity contribution in [1.82, 2.24) is 16.0 Å². The highest BCUT2D eigenvalue weighted by Crippen LogP contribution is 2.47. The summed E-state index contributed by atoms with van der Waals surface area (Å²) in [4.78, 5) is 49.0. The Labute approximate surface area is 211 Å². The summed E-state index contributed by atoms with van der Waals surface area (Å²) in [7, 11) is 1.49. The lowest BCUT2D eigenvalue weighted by Gasteiger charge is -2.15. The molecule has 3 rings (SSSR count). The van der Waals surface area contributed by atoms with Gasteiger partial charge in [0.15, 0.2) is 0 Å². The van der Waals surface area contributed by atoms with Gasteiger partial charge in [-0.2, -0.15) is 0 Å². The molecule has 0 heterocycles. The van der Waals surface area contributed by atoms with Crippen LogP contribution in [-0.4, -0.2) is 50.6 Å². The highest BCUT2D eigenvalue weighted by atomic mass is 16.5. The van der Waals surface area contributed by atoms with E-state index in [0.29, 0.717) is 24.3 Å². The van der Waals surface area contributed by atoms with Crippen molar-refractivity contribution < 1.29 is 23.9 Å². The van der Waals surface area contributed by atoms with Crippen LogP contribution in [0.25, 0.3) is 11.1 Å². The van der Waals surface area contributed by atoms with E-state index in [0.717, 1.165) is 35.1 Å². The molecule has 0 radical (unpaired) electrons. The molecule has 2 aromatic carbocycles. The number of fused-ring (bicyclic) bond motifs is 3. The van der Waals surface area contributed by atoms with Crippen molar-refractivity contribution in [1.29, 1.82) is 0 Å². The zero-order valence-electron chi connectivity index (χ0n) is 21.0. The largest absolute Gasteiger partial charge is 0.449 e. The number of hydrogen-bond acceptors (Lipinski definition) is 5. The number of benzene rings is 2. The predicted molar refractivity (Wildman–Crippen MR) is 138 cm³/mol. The Kier molecular flexibility index (Phi) is 9.44. The molecule has 1 unspecified atom stereocenters. The van der Waals surface area contributed by atoms with E-state index in [9.17, 15) is 19.2 Å². The normalized spacial score (nSPS) is 13.2. The third-order valence-corrected chi connectivity index (χ3v) is 5.97. The molecule has 2 aromatic rings. The minimum Gasteiger partial charge on any atom is -0.449 e. The molecule has 36 heavy (non-hydrogen) atoms. The number of carbonyl (C=O) groups excluding carboxylic acids is 4. The van der Waals surface area contributed by atoms with Crippen molar-refractivity contribution in [3.05, 3.63) is 53.1 Å². The molecule has 1 aliphatic carbocycles. The van der Waals surface area contributed by atoms with E-state index in [1.807, 2.05) is 38.1 Å². The van der Waals surface area contributed by atoms with Gasteiger partial charge in [-0.25, -0.2) is 4.79 Å². The average Bonchev–Trinajstić information content (AvgIpc) is 3.20. The molecular weight excluding hydrogens is 460 g/mol. The fourth-order valence-electron chi connectivity index (χ4n) is 4.22. The molecule has 0 bridgehead atoms. The zero-order chi connectivity index (χ0) is 26.1. The Bertz CT molecular complexity index is 1130. The summed E-state index contributed by atoms with van der Waals surface area (Å²) in [6, 6.07) is 11.0. The first-order valence-corrected chi connectivity index (χ1v) is 12.4. The van der Waals surface area contributed by atoms with E-state index >= 15 is 0 Å². The molecule has 0 aliphatic heterocycles.